The monoisotopic (exact) mass is 442 g/mol. The van der Waals surface area contributed by atoms with Gasteiger partial charge in [-0.25, -0.2) is 4.98 Å². The molecule has 1 aliphatic heterocycles. The van der Waals surface area contributed by atoms with Crippen LogP contribution < -0.4 is 20.3 Å². The van der Waals surface area contributed by atoms with E-state index >= 15 is 0 Å². The van der Waals surface area contributed by atoms with E-state index in [1.165, 1.54) is 7.11 Å². The summed E-state index contributed by atoms with van der Waals surface area (Å²) < 4.78 is 5.26. The van der Waals surface area contributed by atoms with Gasteiger partial charge in [-0.2, -0.15) is 4.98 Å². The Morgan fingerprint density at radius 2 is 1.88 bits per heavy atom. The van der Waals surface area contributed by atoms with Crippen LogP contribution >= 0.6 is 0 Å². The van der Waals surface area contributed by atoms with Gasteiger partial charge in [0.2, 0.25) is 0 Å². The summed E-state index contributed by atoms with van der Waals surface area (Å²) in [6.07, 6.45) is 3.40. The molecule has 2 aromatic carbocycles. The Balaban J connectivity index is 1.53. The first-order valence-corrected chi connectivity index (χ1v) is 11.0. The largest absolute Gasteiger partial charge is 0.467 e. The summed E-state index contributed by atoms with van der Waals surface area (Å²) >= 11 is 0. The molecule has 5 rings (SSSR count). The fourth-order valence-corrected chi connectivity index (χ4v) is 4.51. The number of nitrogens with one attached hydrogen (secondary N) is 2. The number of ether oxygens (including phenoxy) is 1. The number of hydrogen-bond donors (Lipinski definition) is 2. The molecule has 2 N–H and O–H groups in total. The summed E-state index contributed by atoms with van der Waals surface area (Å²) in [6.45, 7) is 6.06. The summed E-state index contributed by atoms with van der Waals surface area (Å²) in [4.78, 5) is 28.9. The van der Waals surface area contributed by atoms with Crippen molar-refractivity contribution in [1.82, 2.24) is 20.3 Å². The maximum atomic E-state index is 13.3. The van der Waals surface area contributed by atoms with Crippen LogP contribution in [0.3, 0.4) is 0 Å². The highest BCUT2D eigenvalue weighted by molar-refractivity contribution is 6.14. The van der Waals surface area contributed by atoms with Crippen molar-refractivity contribution in [3.8, 4) is 6.01 Å². The molecule has 1 amide bonds. The van der Waals surface area contributed by atoms with Crippen LogP contribution in [0, 0.1) is 0 Å². The van der Waals surface area contributed by atoms with Crippen molar-refractivity contribution in [2.45, 2.75) is 25.9 Å². The molecule has 1 fully saturated rings. The van der Waals surface area contributed by atoms with E-state index in [0.717, 1.165) is 35.1 Å². The lowest BCUT2D eigenvalue weighted by atomic mass is 10.0. The van der Waals surface area contributed by atoms with E-state index in [2.05, 4.69) is 44.3 Å². The van der Waals surface area contributed by atoms with Gasteiger partial charge in [0, 0.05) is 47.8 Å². The Labute approximate surface area is 192 Å². The van der Waals surface area contributed by atoms with Crippen molar-refractivity contribution < 1.29 is 9.53 Å². The lowest BCUT2D eigenvalue weighted by molar-refractivity contribution is 0.102. The van der Waals surface area contributed by atoms with Gasteiger partial charge in [0.25, 0.3) is 5.91 Å². The third-order valence-electron chi connectivity index (χ3n) is 5.88. The van der Waals surface area contributed by atoms with Crippen molar-refractivity contribution >= 4 is 39.1 Å². The highest BCUT2D eigenvalue weighted by atomic mass is 16.5. The molecular weight excluding hydrogens is 416 g/mol. The van der Waals surface area contributed by atoms with Crippen LogP contribution in [0.4, 0.5) is 11.4 Å². The Morgan fingerprint density at radius 1 is 1.09 bits per heavy atom. The molecule has 8 nitrogen and oxygen atoms in total. The van der Waals surface area contributed by atoms with E-state index in [0.29, 0.717) is 28.9 Å². The minimum absolute atomic E-state index is 0.225. The molecule has 4 aromatic rings. The number of nitrogens with zero attached hydrogens (tertiary/aromatic N) is 4. The number of fused-ring (bicyclic) bond motifs is 2. The lowest BCUT2D eigenvalue weighted by Crippen LogP contribution is -2.54. The van der Waals surface area contributed by atoms with Gasteiger partial charge in [0.1, 0.15) is 0 Å². The second kappa shape index (κ2) is 8.63. The van der Waals surface area contributed by atoms with Crippen LogP contribution in [-0.4, -0.2) is 53.1 Å². The van der Waals surface area contributed by atoms with Gasteiger partial charge in [-0.1, -0.05) is 18.2 Å². The van der Waals surface area contributed by atoms with Crippen molar-refractivity contribution in [2.24, 2.45) is 0 Å². The molecule has 1 saturated heterocycles. The zero-order chi connectivity index (χ0) is 22.9. The first-order chi connectivity index (χ1) is 16.0. The molecule has 0 saturated carbocycles. The molecule has 168 valence electrons. The van der Waals surface area contributed by atoms with Crippen LogP contribution in [0.25, 0.3) is 21.8 Å². The van der Waals surface area contributed by atoms with Crippen LogP contribution in [0.5, 0.6) is 6.01 Å². The number of benzene rings is 2. The Bertz CT molecular complexity index is 1330. The second-order valence-electron chi connectivity index (χ2n) is 8.50. The first-order valence-electron chi connectivity index (χ1n) is 11.0. The molecule has 0 aliphatic carbocycles. The van der Waals surface area contributed by atoms with Crippen LogP contribution in [0.1, 0.15) is 24.2 Å². The predicted octanol–water partition coefficient (Wildman–Crippen LogP) is 3.63. The lowest BCUT2D eigenvalue weighted by Gasteiger charge is -2.38. The normalized spacial score (nSPS) is 18.5. The number of carbonyl (C=O) groups is 1. The number of anilines is 2. The molecule has 2 atom stereocenters. The standard InChI is InChI=1S/C25H26N6O2/c1-15-13-31(14-16(2)28-15)22-9-8-19(23-20(22)12-27-25(30-23)33-3)24(32)29-18-10-17-6-4-5-7-21(17)26-11-18/h4-12,15-16,28H,13-14H2,1-3H3,(H,29,32)/t15-,16-/m0/s1. The average molecular weight is 443 g/mol. The van der Waals surface area contributed by atoms with Crippen molar-refractivity contribution in [3.63, 3.8) is 0 Å². The number of carbonyl (C=O) groups excluding carboxylic acids is 1. The molecule has 0 radical (unpaired) electrons. The van der Waals surface area contributed by atoms with Crippen molar-refractivity contribution in [3.05, 3.63) is 60.4 Å². The molecule has 33 heavy (non-hydrogen) atoms. The highest BCUT2D eigenvalue weighted by Crippen LogP contribution is 2.31. The zero-order valence-corrected chi connectivity index (χ0v) is 18.9. The molecular formula is C25H26N6O2. The van der Waals surface area contributed by atoms with E-state index in [1.807, 2.05) is 42.5 Å². The number of amides is 1. The Kier molecular flexibility index (Phi) is 5.51. The van der Waals surface area contributed by atoms with Crippen LogP contribution in [0.2, 0.25) is 0 Å². The predicted molar refractivity (Wildman–Crippen MR) is 130 cm³/mol. The summed E-state index contributed by atoms with van der Waals surface area (Å²) in [7, 11) is 1.52. The Hall–Kier alpha value is -3.78. The summed E-state index contributed by atoms with van der Waals surface area (Å²) in [5, 5.41) is 8.30. The van der Waals surface area contributed by atoms with Gasteiger partial charge in [0.15, 0.2) is 0 Å². The van der Waals surface area contributed by atoms with Crippen molar-refractivity contribution in [1.29, 1.82) is 0 Å². The Morgan fingerprint density at radius 3 is 2.67 bits per heavy atom. The van der Waals surface area contributed by atoms with E-state index in [-0.39, 0.29) is 11.9 Å². The molecule has 0 bridgehead atoms. The SMILES string of the molecule is COc1ncc2c(N3C[C@H](C)N[C@@H](C)C3)ccc(C(=O)Nc3cnc4ccccc4c3)c2n1. The van der Waals surface area contributed by atoms with Gasteiger partial charge < -0.3 is 20.3 Å². The van der Waals surface area contributed by atoms with E-state index in [4.69, 9.17) is 4.74 Å². The number of hydrogen-bond acceptors (Lipinski definition) is 7. The van der Waals surface area contributed by atoms with Crippen molar-refractivity contribution in [2.75, 3.05) is 30.4 Å². The molecule has 8 heteroatoms. The maximum Gasteiger partial charge on any atom is 0.316 e. The van der Waals surface area contributed by atoms with E-state index in [1.54, 1.807) is 12.4 Å². The number of para-hydroxylation sites is 1. The smallest absolute Gasteiger partial charge is 0.316 e. The number of piperazine rings is 1. The fraction of sp³-hybridized carbons (Fsp3) is 0.280. The van der Waals surface area contributed by atoms with Crippen LogP contribution in [-0.2, 0) is 0 Å². The second-order valence-corrected chi connectivity index (χ2v) is 8.50. The molecule has 0 unspecified atom stereocenters. The first kappa shape index (κ1) is 21.1. The summed E-state index contributed by atoms with van der Waals surface area (Å²) in [5.74, 6) is -0.258. The van der Waals surface area contributed by atoms with Crippen LogP contribution in [0.15, 0.2) is 54.9 Å². The molecule has 2 aromatic heterocycles. The number of aromatic nitrogens is 3. The minimum atomic E-state index is -0.258. The molecule has 0 spiro atoms. The van der Waals surface area contributed by atoms with Gasteiger partial charge in [0.05, 0.1) is 35.6 Å². The minimum Gasteiger partial charge on any atom is -0.467 e. The fourth-order valence-electron chi connectivity index (χ4n) is 4.51. The number of methoxy groups -OCH3 is 1. The number of rotatable bonds is 4. The van der Waals surface area contributed by atoms with E-state index in [9.17, 15) is 4.79 Å². The zero-order valence-electron chi connectivity index (χ0n) is 18.9. The third-order valence-corrected chi connectivity index (χ3v) is 5.88. The average Bonchev–Trinajstić information content (AvgIpc) is 2.82. The topological polar surface area (TPSA) is 92.3 Å². The number of pyridine rings is 1. The summed E-state index contributed by atoms with van der Waals surface area (Å²) in [5.41, 5.74) is 3.53. The van der Waals surface area contributed by atoms with E-state index < -0.39 is 0 Å². The quantitative estimate of drug-likeness (QED) is 0.499. The third kappa shape index (κ3) is 4.17. The highest BCUT2D eigenvalue weighted by Gasteiger charge is 2.24. The van der Waals surface area contributed by atoms with Gasteiger partial charge in [-0.05, 0) is 38.1 Å². The maximum absolute atomic E-state index is 13.3. The molecule has 1 aliphatic rings. The molecule has 3 heterocycles. The van der Waals surface area contributed by atoms with Gasteiger partial charge in [-0.15, -0.1) is 0 Å². The van der Waals surface area contributed by atoms with Gasteiger partial charge >= 0.3 is 6.01 Å². The summed E-state index contributed by atoms with van der Waals surface area (Å²) in [6, 6.07) is 14.4. The van der Waals surface area contributed by atoms with Gasteiger partial charge in [-0.3, -0.25) is 9.78 Å².